The highest BCUT2D eigenvalue weighted by molar-refractivity contribution is 6.19. The van der Waals surface area contributed by atoms with Gasteiger partial charge in [0.05, 0.1) is 37.7 Å². The summed E-state index contributed by atoms with van der Waals surface area (Å²) in [5.74, 6) is 0.139. The van der Waals surface area contributed by atoms with Gasteiger partial charge >= 0.3 is 11.6 Å². The van der Waals surface area contributed by atoms with Crippen molar-refractivity contribution in [2.24, 2.45) is 0 Å². The summed E-state index contributed by atoms with van der Waals surface area (Å²) in [6.07, 6.45) is 0. The van der Waals surface area contributed by atoms with Gasteiger partial charge in [-0.15, -0.1) is 0 Å². The predicted octanol–water partition coefficient (Wildman–Crippen LogP) is 3.61. The Bertz CT molecular complexity index is 1320. The molecule has 1 heterocycles. The minimum atomic E-state index is -0.638. The van der Waals surface area contributed by atoms with Crippen molar-refractivity contribution in [2.75, 3.05) is 21.3 Å². The molecule has 1 aromatic heterocycles. The standard InChI is InChI=1S/C21H16O7/c1-25-15-8-10(20(23)27-3)7-13-17(15)12-9-16(26-2)18-11(5-4-6-14(18)22)19(12)28-21(13)24/h4-9,22H,1-3H3. The molecule has 7 heteroatoms. The SMILES string of the molecule is COC(=O)c1cc(OC)c2c(c1)c(=O)oc1c3cccc(O)c3c(OC)cc12. The molecular formula is C21H16O7. The molecule has 1 N–H and O–H groups in total. The summed E-state index contributed by atoms with van der Waals surface area (Å²) >= 11 is 0. The maximum Gasteiger partial charge on any atom is 0.344 e. The van der Waals surface area contributed by atoms with Gasteiger partial charge in [0, 0.05) is 16.2 Å². The molecule has 0 saturated heterocycles. The van der Waals surface area contributed by atoms with E-state index in [4.69, 9.17) is 18.6 Å². The Labute approximate surface area is 158 Å². The summed E-state index contributed by atoms with van der Waals surface area (Å²) in [5, 5.41) is 12.4. The van der Waals surface area contributed by atoms with Crippen LogP contribution >= 0.6 is 0 Å². The minimum absolute atomic E-state index is 0.00648. The Balaban J connectivity index is 2.27. The monoisotopic (exact) mass is 380 g/mol. The Morgan fingerprint density at radius 2 is 1.64 bits per heavy atom. The van der Waals surface area contributed by atoms with Crippen LogP contribution < -0.4 is 15.1 Å². The molecule has 28 heavy (non-hydrogen) atoms. The zero-order valence-electron chi connectivity index (χ0n) is 15.4. The van der Waals surface area contributed by atoms with Gasteiger partial charge in [0.15, 0.2) is 0 Å². The first-order valence-corrected chi connectivity index (χ1v) is 8.35. The molecule has 0 aliphatic heterocycles. The number of hydrogen-bond donors (Lipinski definition) is 1. The van der Waals surface area contributed by atoms with Gasteiger partial charge in [0.25, 0.3) is 0 Å². The summed E-state index contributed by atoms with van der Waals surface area (Å²) in [6.45, 7) is 0. The molecule has 0 amide bonds. The smallest absolute Gasteiger partial charge is 0.344 e. The number of phenols is 1. The van der Waals surface area contributed by atoms with Crippen molar-refractivity contribution in [3.8, 4) is 17.2 Å². The van der Waals surface area contributed by atoms with E-state index >= 15 is 0 Å². The van der Waals surface area contributed by atoms with E-state index in [2.05, 4.69) is 0 Å². The molecule has 4 aromatic rings. The van der Waals surface area contributed by atoms with E-state index in [1.54, 1.807) is 18.2 Å². The summed E-state index contributed by atoms with van der Waals surface area (Å²) in [4.78, 5) is 24.7. The molecular weight excluding hydrogens is 364 g/mol. The van der Waals surface area contributed by atoms with Crippen LogP contribution in [0.5, 0.6) is 17.2 Å². The van der Waals surface area contributed by atoms with E-state index in [0.717, 1.165) is 0 Å². The maximum atomic E-state index is 12.7. The van der Waals surface area contributed by atoms with Crippen LogP contribution in [-0.4, -0.2) is 32.4 Å². The van der Waals surface area contributed by atoms with Crippen molar-refractivity contribution in [1.29, 1.82) is 0 Å². The fourth-order valence-electron chi connectivity index (χ4n) is 3.46. The number of methoxy groups -OCH3 is 3. The summed E-state index contributed by atoms with van der Waals surface area (Å²) < 4.78 is 21.2. The molecule has 0 saturated carbocycles. The van der Waals surface area contributed by atoms with Crippen LogP contribution in [0.4, 0.5) is 0 Å². The lowest BCUT2D eigenvalue weighted by Gasteiger charge is -2.13. The number of carbonyl (C=O) groups excluding carboxylic acids is 1. The minimum Gasteiger partial charge on any atom is -0.507 e. The molecule has 0 radical (unpaired) electrons. The lowest BCUT2D eigenvalue weighted by molar-refractivity contribution is 0.0600. The van der Waals surface area contributed by atoms with Crippen molar-refractivity contribution in [3.63, 3.8) is 0 Å². The van der Waals surface area contributed by atoms with Gasteiger partial charge in [-0.25, -0.2) is 9.59 Å². The molecule has 3 aromatic carbocycles. The number of carbonyl (C=O) groups is 1. The van der Waals surface area contributed by atoms with Crippen LogP contribution in [0, 0.1) is 0 Å². The summed E-state index contributed by atoms with van der Waals surface area (Å²) in [7, 11) is 4.19. The van der Waals surface area contributed by atoms with Crippen LogP contribution in [0.15, 0.2) is 45.6 Å². The molecule has 0 fully saturated rings. The molecule has 0 aliphatic rings. The number of rotatable bonds is 3. The highest BCUT2D eigenvalue weighted by atomic mass is 16.5. The van der Waals surface area contributed by atoms with Gasteiger partial charge in [0.2, 0.25) is 0 Å². The van der Waals surface area contributed by atoms with Crippen molar-refractivity contribution < 1.29 is 28.5 Å². The van der Waals surface area contributed by atoms with E-state index in [1.807, 2.05) is 0 Å². The first-order valence-electron chi connectivity index (χ1n) is 8.35. The first kappa shape index (κ1) is 17.7. The number of aromatic hydroxyl groups is 1. The Hall–Kier alpha value is -3.74. The normalized spacial score (nSPS) is 11.1. The lowest BCUT2D eigenvalue weighted by Crippen LogP contribution is -2.07. The molecule has 0 atom stereocenters. The maximum absolute atomic E-state index is 12.7. The van der Waals surface area contributed by atoms with Crippen LogP contribution in [0.1, 0.15) is 10.4 Å². The molecule has 142 valence electrons. The average molecular weight is 380 g/mol. The Kier molecular flexibility index (Phi) is 4.07. The van der Waals surface area contributed by atoms with E-state index in [9.17, 15) is 14.7 Å². The highest BCUT2D eigenvalue weighted by Crippen LogP contribution is 2.42. The fraction of sp³-hybridized carbons (Fsp3) is 0.143. The number of esters is 1. The van der Waals surface area contributed by atoms with E-state index in [0.29, 0.717) is 33.0 Å². The summed E-state index contributed by atoms with van der Waals surface area (Å²) in [6, 6.07) is 9.49. The number of fused-ring (bicyclic) bond motifs is 5. The van der Waals surface area contributed by atoms with Crippen LogP contribution in [0.3, 0.4) is 0 Å². The number of hydrogen-bond acceptors (Lipinski definition) is 7. The number of ether oxygens (including phenoxy) is 3. The van der Waals surface area contributed by atoms with Crippen LogP contribution in [0.2, 0.25) is 0 Å². The lowest BCUT2D eigenvalue weighted by atomic mass is 9.99. The Morgan fingerprint density at radius 3 is 2.32 bits per heavy atom. The van der Waals surface area contributed by atoms with Crippen molar-refractivity contribution in [3.05, 3.63) is 52.4 Å². The van der Waals surface area contributed by atoms with E-state index in [1.165, 1.54) is 39.5 Å². The van der Waals surface area contributed by atoms with Gasteiger partial charge in [-0.3, -0.25) is 0 Å². The van der Waals surface area contributed by atoms with Crippen molar-refractivity contribution in [2.45, 2.75) is 0 Å². The molecule has 0 bridgehead atoms. The average Bonchev–Trinajstić information content (AvgIpc) is 2.72. The number of benzene rings is 3. The van der Waals surface area contributed by atoms with Crippen molar-refractivity contribution in [1.82, 2.24) is 0 Å². The van der Waals surface area contributed by atoms with Gasteiger partial charge in [0.1, 0.15) is 22.8 Å². The summed E-state index contributed by atoms with van der Waals surface area (Å²) in [5.41, 5.74) is -0.182. The van der Waals surface area contributed by atoms with Gasteiger partial charge in [-0.2, -0.15) is 0 Å². The zero-order valence-corrected chi connectivity index (χ0v) is 15.4. The largest absolute Gasteiger partial charge is 0.507 e. The molecule has 0 spiro atoms. The van der Waals surface area contributed by atoms with Gasteiger partial charge in [-0.05, 0) is 24.3 Å². The predicted molar refractivity (Wildman–Crippen MR) is 104 cm³/mol. The molecule has 0 unspecified atom stereocenters. The number of phenolic OH excluding ortho intramolecular Hbond substituents is 1. The zero-order chi connectivity index (χ0) is 20.0. The first-order chi connectivity index (χ1) is 13.5. The third kappa shape index (κ3) is 2.44. The van der Waals surface area contributed by atoms with Gasteiger partial charge < -0.3 is 23.7 Å². The van der Waals surface area contributed by atoms with Crippen molar-refractivity contribution >= 4 is 38.5 Å². The quantitative estimate of drug-likeness (QED) is 0.329. The van der Waals surface area contributed by atoms with E-state index < -0.39 is 11.6 Å². The van der Waals surface area contributed by atoms with Crippen LogP contribution in [0.25, 0.3) is 32.5 Å². The van der Waals surface area contributed by atoms with Crippen LogP contribution in [-0.2, 0) is 4.74 Å². The van der Waals surface area contributed by atoms with Gasteiger partial charge in [-0.1, -0.05) is 12.1 Å². The fourth-order valence-corrected chi connectivity index (χ4v) is 3.46. The molecule has 7 nitrogen and oxygen atoms in total. The third-order valence-corrected chi connectivity index (χ3v) is 4.70. The second-order valence-corrected chi connectivity index (χ2v) is 6.14. The second-order valence-electron chi connectivity index (χ2n) is 6.14. The Morgan fingerprint density at radius 1 is 0.929 bits per heavy atom. The second kappa shape index (κ2) is 6.45. The van der Waals surface area contributed by atoms with E-state index in [-0.39, 0.29) is 22.3 Å². The third-order valence-electron chi connectivity index (χ3n) is 4.70. The molecule has 0 aliphatic carbocycles. The highest BCUT2D eigenvalue weighted by Gasteiger charge is 2.20. The topological polar surface area (TPSA) is 95.2 Å². The molecule has 4 rings (SSSR count).